The van der Waals surface area contributed by atoms with Crippen molar-refractivity contribution in [2.45, 2.75) is 13.1 Å². The van der Waals surface area contributed by atoms with Crippen LogP contribution in [0, 0.1) is 0 Å². The zero-order chi connectivity index (χ0) is 15.5. The highest BCUT2D eigenvalue weighted by Crippen LogP contribution is 2.35. The van der Waals surface area contributed by atoms with E-state index in [9.17, 15) is 22.8 Å². The smallest absolute Gasteiger partial charge is 0.417 e. The summed E-state index contributed by atoms with van der Waals surface area (Å²) in [5, 5.41) is 8.66. The number of halogens is 4. The first-order valence-corrected chi connectivity index (χ1v) is 6.34. The Morgan fingerprint density at radius 2 is 1.95 bits per heavy atom. The van der Waals surface area contributed by atoms with Crippen molar-refractivity contribution >= 4 is 27.8 Å². The van der Waals surface area contributed by atoms with E-state index in [2.05, 4.69) is 15.9 Å². The van der Waals surface area contributed by atoms with Gasteiger partial charge in [0.15, 0.2) is 0 Å². The van der Waals surface area contributed by atoms with Gasteiger partial charge < -0.3 is 10.0 Å². The number of carboxylic acids is 1. The minimum atomic E-state index is -4.60. The van der Waals surface area contributed by atoms with E-state index in [0.29, 0.717) is 6.07 Å². The Kier molecular flexibility index (Phi) is 5.15. The highest BCUT2D eigenvalue weighted by molar-refractivity contribution is 9.10. The molecule has 20 heavy (non-hydrogen) atoms. The quantitative estimate of drug-likeness (QED) is 0.905. The molecule has 1 amide bonds. The monoisotopic (exact) mass is 353 g/mol. The number of hydrogen-bond donors (Lipinski definition) is 1. The van der Waals surface area contributed by atoms with Crippen LogP contribution in [0.3, 0.4) is 0 Å². The molecule has 4 nitrogen and oxygen atoms in total. The van der Waals surface area contributed by atoms with Gasteiger partial charge in [-0.25, -0.2) is 0 Å². The van der Waals surface area contributed by atoms with E-state index >= 15 is 0 Å². The Morgan fingerprint density at radius 3 is 2.40 bits per heavy atom. The van der Waals surface area contributed by atoms with Crippen molar-refractivity contribution in [3.8, 4) is 0 Å². The Hall–Kier alpha value is -1.57. The van der Waals surface area contributed by atoms with Crippen LogP contribution in [0.15, 0.2) is 22.7 Å². The molecule has 0 aromatic heterocycles. The van der Waals surface area contributed by atoms with Crippen LogP contribution in [0.1, 0.15) is 22.8 Å². The summed E-state index contributed by atoms with van der Waals surface area (Å²) in [6.45, 7) is 1.07. The maximum absolute atomic E-state index is 12.7. The molecule has 0 bridgehead atoms. The molecule has 0 unspecified atom stereocenters. The standard InChI is InChI=1S/C12H11BrF3NO3/c1-2-17(6-10(18)19)11(20)7-3-4-9(13)8(5-7)12(14,15)16/h3-5H,2,6H2,1H3,(H,18,19). The molecule has 1 N–H and O–H groups in total. The van der Waals surface area contributed by atoms with E-state index < -0.39 is 30.2 Å². The van der Waals surface area contributed by atoms with Gasteiger partial charge in [0.2, 0.25) is 0 Å². The number of carbonyl (C=O) groups is 2. The van der Waals surface area contributed by atoms with E-state index in [1.54, 1.807) is 6.92 Å². The SMILES string of the molecule is CCN(CC(=O)O)C(=O)c1ccc(Br)c(C(F)(F)F)c1. The summed E-state index contributed by atoms with van der Waals surface area (Å²) in [6, 6.07) is 3.04. The van der Waals surface area contributed by atoms with Crippen molar-refractivity contribution in [3.05, 3.63) is 33.8 Å². The molecule has 8 heteroatoms. The number of benzene rings is 1. The van der Waals surface area contributed by atoms with Crippen LogP contribution < -0.4 is 0 Å². The minimum Gasteiger partial charge on any atom is -0.480 e. The maximum Gasteiger partial charge on any atom is 0.417 e. The number of aliphatic carboxylic acids is 1. The lowest BCUT2D eigenvalue weighted by Crippen LogP contribution is -2.35. The first kappa shape index (κ1) is 16.5. The van der Waals surface area contributed by atoms with Crippen LogP contribution in [0.25, 0.3) is 0 Å². The molecule has 0 spiro atoms. The number of nitrogens with zero attached hydrogens (tertiary/aromatic N) is 1. The summed E-state index contributed by atoms with van der Waals surface area (Å²) >= 11 is 2.77. The second kappa shape index (κ2) is 6.25. The molecule has 1 rings (SSSR count). The molecule has 0 aliphatic rings. The highest BCUT2D eigenvalue weighted by atomic mass is 79.9. The van der Waals surface area contributed by atoms with Gasteiger partial charge in [-0.15, -0.1) is 0 Å². The van der Waals surface area contributed by atoms with Crippen LogP contribution in [-0.4, -0.2) is 35.0 Å². The molecule has 0 atom stereocenters. The van der Waals surface area contributed by atoms with Crippen molar-refractivity contribution in [1.82, 2.24) is 4.90 Å². The van der Waals surface area contributed by atoms with Gasteiger partial charge in [0.25, 0.3) is 5.91 Å². The molecule has 1 aromatic carbocycles. The van der Waals surface area contributed by atoms with Crippen LogP contribution >= 0.6 is 15.9 Å². The number of carbonyl (C=O) groups excluding carboxylic acids is 1. The minimum absolute atomic E-state index is 0.0859. The van der Waals surface area contributed by atoms with Gasteiger partial charge in [-0.3, -0.25) is 9.59 Å². The number of amides is 1. The zero-order valence-electron chi connectivity index (χ0n) is 10.4. The molecule has 0 saturated carbocycles. The van der Waals surface area contributed by atoms with Gasteiger partial charge in [-0.2, -0.15) is 13.2 Å². The Morgan fingerprint density at radius 1 is 1.35 bits per heavy atom. The number of rotatable bonds is 4. The Balaban J connectivity index is 3.14. The fraction of sp³-hybridized carbons (Fsp3) is 0.333. The molecule has 0 aliphatic heterocycles. The normalized spacial score (nSPS) is 11.2. The van der Waals surface area contributed by atoms with Crippen molar-refractivity contribution in [2.24, 2.45) is 0 Å². The highest BCUT2D eigenvalue weighted by Gasteiger charge is 2.34. The number of hydrogen-bond acceptors (Lipinski definition) is 2. The average molecular weight is 354 g/mol. The lowest BCUT2D eigenvalue weighted by atomic mass is 10.1. The zero-order valence-corrected chi connectivity index (χ0v) is 12.0. The van der Waals surface area contributed by atoms with E-state index in [1.807, 2.05) is 0 Å². The van der Waals surface area contributed by atoms with Crippen LogP contribution in [0.4, 0.5) is 13.2 Å². The molecule has 0 saturated heterocycles. The first-order valence-electron chi connectivity index (χ1n) is 5.54. The van der Waals surface area contributed by atoms with Gasteiger partial charge in [0.1, 0.15) is 6.54 Å². The van der Waals surface area contributed by atoms with Crippen LogP contribution in [0.5, 0.6) is 0 Å². The van der Waals surface area contributed by atoms with Gasteiger partial charge in [-0.1, -0.05) is 15.9 Å². The van der Waals surface area contributed by atoms with Crippen molar-refractivity contribution in [1.29, 1.82) is 0 Å². The topological polar surface area (TPSA) is 57.6 Å². The van der Waals surface area contributed by atoms with Gasteiger partial charge in [-0.05, 0) is 25.1 Å². The van der Waals surface area contributed by atoms with Crippen molar-refractivity contribution in [2.75, 3.05) is 13.1 Å². The van der Waals surface area contributed by atoms with Gasteiger partial charge >= 0.3 is 12.1 Å². The predicted octanol–water partition coefficient (Wildman–Crippen LogP) is 3.01. The molecule has 110 valence electrons. The number of likely N-dealkylation sites (N-methyl/N-ethyl adjacent to an activating group) is 1. The number of alkyl halides is 3. The van der Waals surface area contributed by atoms with E-state index in [0.717, 1.165) is 11.0 Å². The number of carboxylic acid groups (broad SMARTS) is 1. The van der Waals surface area contributed by atoms with Crippen molar-refractivity contribution in [3.63, 3.8) is 0 Å². The summed E-state index contributed by atoms with van der Waals surface area (Å²) in [7, 11) is 0. The fourth-order valence-electron chi connectivity index (χ4n) is 1.55. The first-order chi connectivity index (χ1) is 9.16. The van der Waals surface area contributed by atoms with Crippen molar-refractivity contribution < 1.29 is 27.9 Å². The molecule has 0 radical (unpaired) electrons. The van der Waals surface area contributed by atoms with E-state index in [1.165, 1.54) is 6.07 Å². The average Bonchev–Trinajstić information content (AvgIpc) is 2.34. The lowest BCUT2D eigenvalue weighted by Gasteiger charge is -2.19. The fourth-order valence-corrected chi connectivity index (χ4v) is 2.02. The largest absolute Gasteiger partial charge is 0.480 e. The molecule has 1 aromatic rings. The summed E-state index contributed by atoms with van der Waals surface area (Å²) in [6.07, 6.45) is -4.60. The second-order valence-electron chi connectivity index (χ2n) is 3.91. The predicted molar refractivity (Wildman–Crippen MR) is 68.4 cm³/mol. The molecule has 0 aliphatic carbocycles. The summed E-state index contributed by atoms with van der Waals surface area (Å²) in [4.78, 5) is 23.5. The molecular weight excluding hydrogens is 343 g/mol. The third-order valence-electron chi connectivity index (χ3n) is 2.51. The maximum atomic E-state index is 12.7. The lowest BCUT2D eigenvalue weighted by molar-refractivity contribution is -0.139. The van der Waals surface area contributed by atoms with Crippen LogP contribution in [0.2, 0.25) is 0 Å². The Labute approximate surface area is 121 Å². The molecular formula is C12H11BrF3NO3. The summed E-state index contributed by atoms with van der Waals surface area (Å²) < 4.78 is 38.0. The summed E-state index contributed by atoms with van der Waals surface area (Å²) in [5.74, 6) is -1.98. The van der Waals surface area contributed by atoms with E-state index in [-0.39, 0.29) is 16.6 Å². The molecule has 0 heterocycles. The summed E-state index contributed by atoms with van der Waals surface area (Å²) in [5.41, 5.74) is -1.18. The van der Waals surface area contributed by atoms with Gasteiger partial charge in [0, 0.05) is 16.6 Å². The van der Waals surface area contributed by atoms with E-state index in [4.69, 9.17) is 5.11 Å². The van der Waals surface area contributed by atoms with Crippen LogP contribution in [-0.2, 0) is 11.0 Å². The van der Waals surface area contributed by atoms with Gasteiger partial charge in [0.05, 0.1) is 5.56 Å². The Bertz CT molecular complexity index is 531. The third kappa shape index (κ3) is 3.96. The second-order valence-corrected chi connectivity index (χ2v) is 4.76. The third-order valence-corrected chi connectivity index (χ3v) is 3.21. The molecule has 0 fully saturated rings.